The maximum absolute atomic E-state index is 12.1. The number of hydrogen-bond donors (Lipinski definition) is 2. The van der Waals surface area contributed by atoms with Gasteiger partial charge in [0, 0.05) is 4.88 Å². The van der Waals surface area contributed by atoms with E-state index in [4.69, 9.17) is 23.2 Å². The van der Waals surface area contributed by atoms with Crippen LogP contribution < -0.4 is 10.0 Å². The molecule has 1 aromatic heterocycles. The van der Waals surface area contributed by atoms with E-state index in [-0.39, 0.29) is 19.9 Å². The molecule has 0 atom stereocenters. The van der Waals surface area contributed by atoms with Gasteiger partial charge in [0.25, 0.3) is 10.0 Å². The largest absolute Gasteiger partial charge is 0.322 e. The molecule has 9 heteroatoms. The van der Waals surface area contributed by atoms with Gasteiger partial charge in [0.05, 0.1) is 22.3 Å². The normalized spacial score (nSPS) is 11.4. The summed E-state index contributed by atoms with van der Waals surface area (Å²) in [5.74, 6) is -0.559. The van der Waals surface area contributed by atoms with Gasteiger partial charge in [-0.25, -0.2) is 13.1 Å². The Morgan fingerprint density at radius 1 is 1.17 bits per heavy atom. The SMILES string of the molecule is CCc1ccc(S(=O)(=O)NCC(=O)Nc2c(Cl)cccc2Cl)s1. The highest BCUT2D eigenvalue weighted by Gasteiger charge is 2.18. The molecule has 1 aromatic carbocycles. The number of carbonyl (C=O) groups excluding carboxylic acids is 1. The number of rotatable bonds is 6. The molecule has 1 heterocycles. The first kappa shape index (κ1) is 18.2. The summed E-state index contributed by atoms with van der Waals surface area (Å²) in [7, 11) is -3.72. The maximum atomic E-state index is 12.1. The molecule has 2 N–H and O–H groups in total. The molecule has 1 amide bonds. The van der Waals surface area contributed by atoms with E-state index in [0.29, 0.717) is 0 Å². The summed E-state index contributed by atoms with van der Waals surface area (Å²) in [4.78, 5) is 12.9. The Balaban J connectivity index is 2.01. The van der Waals surface area contributed by atoms with E-state index in [2.05, 4.69) is 10.0 Å². The number of halogens is 2. The molecule has 0 saturated heterocycles. The standard InChI is InChI=1S/C14H14Cl2N2O3S2/c1-2-9-6-7-13(22-9)23(20,21)17-8-12(19)18-14-10(15)4-3-5-11(14)16/h3-7,17H,2,8H2,1H3,(H,18,19). The number of thiophene rings is 1. The van der Waals surface area contributed by atoms with E-state index in [1.807, 2.05) is 6.92 Å². The van der Waals surface area contributed by atoms with E-state index < -0.39 is 22.5 Å². The van der Waals surface area contributed by atoms with Gasteiger partial charge in [0.15, 0.2) is 0 Å². The van der Waals surface area contributed by atoms with Crippen LogP contribution in [0.4, 0.5) is 5.69 Å². The number of hydrogen-bond acceptors (Lipinski definition) is 4. The van der Waals surface area contributed by atoms with Crippen molar-refractivity contribution in [2.24, 2.45) is 0 Å². The molecule has 0 spiro atoms. The Labute approximate surface area is 148 Å². The third-order valence-corrected chi connectivity index (χ3v) is 6.65. The highest BCUT2D eigenvalue weighted by atomic mass is 35.5. The van der Waals surface area contributed by atoms with Gasteiger partial charge in [-0.2, -0.15) is 0 Å². The summed E-state index contributed by atoms with van der Waals surface area (Å²) < 4.78 is 26.7. The number of para-hydroxylation sites is 1. The lowest BCUT2D eigenvalue weighted by molar-refractivity contribution is -0.115. The first-order valence-electron chi connectivity index (χ1n) is 6.65. The summed E-state index contributed by atoms with van der Waals surface area (Å²) in [6.07, 6.45) is 0.756. The predicted octanol–water partition coefficient (Wildman–Crippen LogP) is 3.53. The van der Waals surface area contributed by atoms with Gasteiger partial charge in [-0.1, -0.05) is 36.2 Å². The topological polar surface area (TPSA) is 75.3 Å². The molecule has 0 saturated carbocycles. The van der Waals surface area contributed by atoms with Crippen molar-refractivity contribution in [1.29, 1.82) is 0 Å². The fourth-order valence-corrected chi connectivity index (χ4v) is 4.54. The zero-order chi connectivity index (χ0) is 17.0. The molecule has 0 unspecified atom stereocenters. The molecular formula is C14H14Cl2N2O3S2. The lowest BCUT2D eigenvalue weighted by atomic mass is 10.3. The number of amides is 1. The molecular weight excluding hydrogens is 379 g/mol. The summed E-state index contributed by atoms with van der Waals surface area (Å²) in [5.41, 5.74) is 0.254. The first-order chi connectivity index (χ1) is 10.8. The minimum atomic E-state index is -3.72. The van der Waals surface area contributed by atoms with Gasteiger partial charge < -0.3 is 5.32 Å². The maximum Gasteiger partial charge on any atom is 0.250 e. The minimum absolute atomic E-state index is 0.179. The van der Waals surface area contributed by atoms with E-state index in [1.165, 1.54) is 17.4 Å². The second kappa shape index (κ2) is 7.63. The van der Waals surface area contributed by atoms with Crippen molar-refractivity contribution in [2.75, 3.05) is 11.9 Å². The molecule has 0 bridgehead atoms. The number of aryl methyl sites for hydroxylation is 1. The molecule has 0 aliphatic carbocycles. The van der Waals surface area contributed by atoms with Crippen molar-refractivity contribution >= 4 is 56.2 Å². The van der Waals surface area contributed by atoms with E-state index >= 15 is 0 Å². The van der Waals surface area contributed by atoms with Crippen molar-refractivity contribution in [2.45, 2.75) is 17.6 Å². The molecule has 2 rings (SSSR count). The molecule has 5 nitrogen and oxygen atoms in total. The average Bonchev–Trinajstić information content (AvgIpc) is 2.99. The van der Waals surface area contributed by atoms with E-state index in [0.717, 1.165) is 11.3 Å². The number of sulfonamides is 1. The summed E-state index contributed by atoms with van der Waals surface area (Å²) >= 11 is 13.1. The highest BCUT2D eigenvalue weighted by molar-refractivity contribution is 7.91. The molecule has 124 valence electrons. The zero-order valence-corrected chi connectivity index (χ0v) is 15.2. The quantitative estimate of drug-likeness (QED) is 0.789. The Kier molecular flexibility index (Phi) is 6.05. The van der Waals surface area contributed by atoms with Crippen LogP contribution in [0.15, 0.2) is 34.5 Å². The molecule has 23 heavy (non-hydrogen) atoms. The van der Waals surface area contributed by atoms with Crippen molar-refractivity contribution in [3.05, 3.63) is 45.3 Å². The predicted molar refractivity (Wildman–Crippen MR) is 94.0 cm³/mol. The van der Waals surface area contributed by atoms with Crippen molar-refractivity contribution in [3.63, 3.8) is 0 Å². The van der Waals surface area contributed by atoms with Gasteiger partial charge in [-0.15, -0.1) is 11.3 Å². The van der Waals surface area contributed by atoms with Crippen LogP contribution in [0.5, 0.6) is 0 Å². The lowest BCUT2D eigenvalue weighted by Crippen LogP contribution is -2.32. The second-order valence-electron chi connectivity index (χ2n) is 4.54. The Hall–Kier alpha value is -1.12. The van der Waals surface area contributed by atoms with E-state index in [1.54, 1.807) is 24.3 Å². The molecule has 0 aliphatic rings. The first-order valence-corrected chi connectivity index (χ1v) is 9.71. The van der Waals surface area contributed by atoms with Crippen LogP contribution in [0.3, 0.4) is 0 Å². The number of carbonyl (C=O) groups is 1. The molecule has 0 fully saturated rings. The van der Waals surface area contributed by atoms with Gasteiger partial charge in [-0.3, -0.25) is 4.79 Å². The Morgan fingerprint density at radius 3 is 2.39 bits per heavy atom. The van der Waals surface area contributed by atoms with Crippen molar-refractivity contribution < 1.29 is 13.2 Å². The zero-order valence-electron chi connectivity index (χ0n) is 12.1. The monoisotopic (exact) mass is 392 g/mol. The third-order valence-electron chi connectivity index (χ3n) is 2.90. The Bertz CT molecular complexity index is 799. The smallest absolute Gasteiger partial charge is 0.250 e. The average molecular weight is 393 g/mol. The van der Waals surface area contributed by atoms with Crippen LogP contribution >= 0.6 is 34.5 Å². The second-order valence-corrected chi connectivity index (χ2v) is 8.52. The van der Waals surface area contributed by atoms with Crippen LogP contribution in [-0.4, -0.2) is 20.9 Å². The van der Waals surface area contributed by atoms with Crippen LogP contribution in [0.25, 0.3) is 0 Å². The summed E-state index contributed by atoms with van der Waals surface area (Å²) in [6, 6.07) is 8.07. The van der Waals surface area contributed by atoms with Crippen molar-refractivity contribution in [1.82, 2.24) is 4.72 Å². The van der Waals surface area contributed by atoms with Crippen LogP contribution in [0.2, 0.25) is 10.0 Å². The fraction of sp³-hybridized carbons (Fsp3) is 0.214. The number of anilines is 1. The number of benzene rings is 1. The fourth-order valence-electron chi connectivity index (χ4n) is 1.73. The molecule has 0 aliphatic heterocycles. The summed E-state index contributed by atoms with van der Waals surface area (Å²) in [6.45, 7) is 1.53. The van der Waals surface area contributed by atoms with Crippen LogP contribution in [-0.2, 0) is 21.2 Å². The summed E-state index contributed by atoms with van der Waals surface area (Å²) in [5, 5.41) is 3.05. The third kappa shape index (κ3) is 4.68. The van der Waals surface area contributed by atoms with Crippen molar-refractivity contribution in [3.8, 4) is 0 Å². The molecule has 0 radical (unpaired) electrons. The lowest BCUT2D eigenvalue weighted by Gasteiger charge is -2.09. The van der Waals surface area contributed by atoms with Gasteiger partial charge >= 0.3 is 0 Å². The van der Waals surface area contributed by atoms with Gasteiger partial charge in [0.2, 0.25) is 5.91 Å². The molecule has 2 aromatic rings. The van der Waals surface area contributed by atoms with Gasteiger partial charge in [0.1, 0.15) is 4.21 Å². The van der Waals surface area contributed by atoms with Crippen LogP contribution in [0.1, 0.15) is 11.8 Å². The number of nitrogens with one attached hydrogen (secondary N) is 2. The Morgan fingerprint density at radius 2 is 1.83 bits per heavy atom. The van der Waals surface area contributed by atoms with Gasteiger partial charge in [-0.05, 0) is 30.7 Å². The van der Waals surface area contributed by atoms with E-state index in [9.17, 15) is 13.2 Å². The minimum Gasteiger partial charge on any atom is -0.322 e. The van der Waals surface area contributed by atoms with Crippen LogP contribution in [0, 0.1) is 0 Å². The highest BCUT2D eigenvalue weighted by Crippen LogP contribution is 2.29.